The summed E-state index contributed by atoms with van der Waals surface area (Å²) in [5.41, 5.74) is 5.56. The highest BCUT2D eigenvalue weighted by Crippen LogP contribution is 2.27. The van der Waals surface area contributed by atoms with Crippen LogP contribution in [0.5, 0.6) is 0 Å². The Labute approximate surface area is 85.6 Å². The number of methoxy groups -OCH3 is 1. The third kappa shape index (κ3) is 1.65. The predicted octanol–water partition coefficient (Wildman–Crippen LogP) is 2.16. The monoisotopic (exact) mass is 217 g/mol. The number of rotatable bonds is 1. The van der Waals surface area contributed by atoms with E-state index in [1.54, 1.807) is 6.92 Å². The van der Waals surface area contributed by atoms with Crippen molar-refractivity contribution in [2.45, 2.75) is 6.92 Å². The molecule has 0 radical (unpaired) electrons. The quantitative estimate of drug-likeness (QED) is 0.579. The van der Waals surface area contributed by atoms with Gasteiger partial charge in [-0.1, -0.05) is 11.6 Å². The van der Waals surface area contributed by atoms with Crippen LogP contribution in [0.3, 0.4) is 0 Å². The number of halogens is 2. The van der Waals surface area contributed by atoms with Gasteiger partial charge in [0.1, 0.15) is 5.82 Å². The van der Waals surface area contributed by atoms with E-state index in [4.69, 9.17) is 17.3 Å². The number of carbonyl (C=O) groups is 1. The number of ether oxygens (including phenoxy) is 1. The van der Waals surface area contributed by atoms with Gasteiger partial charge in [-0.25, -0.2) is 9.18 Å². The van der Waals surface area contributed by atoms with Gasteiger partial charge >= 0.3 is 5.97 Å². The van der Waals surface area contributed by atoms with E-state index in [2.05, 4.69) is 4.74 Å². The number of esters is 1. The lowest BCUT2D eigenvalue weighted by Crippen LogP contribution is -2.10. The van der Waals surface area contributed by atoms with E-state index in [0.29, 0.717) is 5.56 Å². The SMILES string of the molecule is COC(=O)c1c(C)c(Cl)cc(F)c1N. The maximum absolute atomic E-state index is 13.1. The standard InChI is InChI=1S/C9H9ClFNO2/c1-4-5(10)3-6(11)8(12)7(4)9(13)14-2/h3H,12H2,1-2H3. The fraction of sp³-hybridized carbons (Fsp3) is 0.222. The molecule has 0 aliphatic heterocycles. The van der Waals surface area contributed by atoms with E-state index in [1.807, 2.05) is 0 Å². The second kappa shape index (κ2) is 3.84. The van der Waals surface area contributed by atoms with Crippen LogP contribution in [-0.4, -0.2) is 13.1 Å². The van der Waals surface area contributed by atoms with E-state index in [9.17, 15) is 9.18 Å². The lowest BCUT2D eigenvalue weighted by atomic mass is 10.1. The Morgan fingerprint density at radius 2 is 2.21 bits per heavy atom. The van der Waals surface area contributed by atoms with Crippen LogP contribution in [0.25, 0.3) is 0 Å². The molecule has 0 amide bonds. The fourth-order valence-corrected chi connectivity index (χ4v) is 1.29. The van der Waals surface area contributed by atoms with Gasteiger partial charge in [-0.2, -0.15) is 0 Å². The van der Waals surface area contributed by atoms with E-state index in [1.165, 1.54) is 7.11 Å². The van der Waals surface area contributed by atoms with Crippen LogP contribution in [0.15, 0.2) is 6.07 Å². The molecule has 0 fully saturated rings. The van der Waals surface area contributed by atoms with E-state index in [0.717, 1.165) is 6.07 Å². The second-order valence-electron chi connectivity index (χ2n) is 2.75. The summed E-state index contributed by atoms with van der Waals surface area (Å²) in [6.45, 7) is 1.57. The molecular weight excluding hydrogens is 209 g/mol. The summed E-state index contributed by atoms with van der Waals surface area (Å²) >= 11 is 5.69. The van der Waals surface area contributed by atoms with Crippen molar-refractivity contribution in [3.8, 4) is 0 Å². The number of nitrogens with two attached hydrogens (primary N) is 1. The molecular formula is C9H9ClFNO2. The molecule has 14 heavy (non-hydrogen) atoms. The molecule has 2 N–H and O–H groups in total. The third-order valence-electron chi connectivity index (χ3n) is 1.90. The summed E-state index contributed by atoms with van der Waals surface area (Å²) in [4.78, 5) is 11.2. The summed E-state index contributed by atoms with van der Waals surface area (Å²) in [7, 11) is 1.19. The van der Waals surface area contributed by atoms with Crippen LogP contribution in [-0.2, 0) is 4.74 Å². The van der Waals surface area contributed by atoms with Crippen LogP contribution in [0, 0.1) is 12.7 Å². The van der Waals surface area contributed by atoms with Gasteiger partial charge in [0.25, 0.3) is 0 Å². The Morgan fingerprint density at radius 3 is 2.71 bits per heavy atom. The van der Waals surface area contributed by atoms with Crippen molar-refractivity contribution in [3.63, 3.8) is 0 Å². The fourth-order valence-electron chi connectivity index (χ4n) is 1.10. The van der Waals surface area contributed by atoms with E-state index < -0.39 is 11.8 Å². The number of carbonyl (C=O) groups excluding carboxylic acids is 1. The average molecular weight is 218 g/mol. The van der Waals surface area contributed by atoms with Gasteiger partial charge in [0.05, 0.1) is 18.4 Å². The van der Waals surface area contributed by atoms with Crippen molar-refractivity contribution in [1.82, 2.24) is 0 Å². The highest BCUT2D eigenvalue weighted by molar-refractivity contribution is 6.32. The first-order valence-electron chi connectivity index (χ1n) is 3.81. The molecule has 3 nitrogen and oxygen atoms in total. The highest BCUT2D eigenvalue weighted by Gasteiger charge is 2.19. The molecule has 0 atom stereocenters. The topological polar surface area (TPSA) is 52.3 Å². The molecule has 1 aromatic carbocycles. The smallest absolute Gasteiger partial charge is 0.340 e. The largest absolute Gasteiger partial charge is 0.465 e. The second-order valence-corrected chi connectivity index (χ2v) is 3.15. The summed E-state index contributed by atoms with van der Waals surface area (Å²) in [5.74, 6) is -1.41. The Hall–Kier alpha value is -1.29. The van der Waals surface area contributed by atoms with E-state index >= 15 is 0 Å². The molecule has 5 heteroatoms. The van der Waals surface area contributed by atoms with Crippen molar-refractivity contribution in [3.05, 3.63) is 28.0 Å². The molecule has 0 heterocycles. The van der Waals surface area contributed by atoms with Crippen LogP contribution in [0.4, 0.5) is 10.1 Å². The third-order valence-corrected chi connectivity index (χ3v) is 2.30. The number of hydrogen-bond donors (Lipinski definition) is 1. The Balaban J connectivity index is 3.47. The number of anilines is 1. The zero-order chi connectivity index (χ0) is 10.9. The lowest BCUT2D eigenvalue weighted by molar-refractivity contribution is 0.0600. The van der Waals surface area contributed by atoms with Crippen molar-refractivity contribution >= 4 is 23.3 Å². The number of hydrogen-bond acceptors (Lipinski definition) is 3. The lowest BCUT2D eigenvalue weighted by Gasteiger charge is -2.09. The van der Waals surface area contributed by atoms with Crippen LogP contribution in [0.2, 0.25) is 5.02 Å². The van der Waals surface area contributed by atoms with Crippen LogP contribution < -0.4 is 5.73 Å². The van der Waals surface area contributed by atoms with E-state index in [-0.39, 0.29) is 16.3 Å². The molecule has 0 spiro atoms. The minimum atomic E-state index is -0.721. The van der Waals surface area contributed by atoms with Gasteiger partial charge in [-0.05, 0) is 18.6 Å². The van der Waals surface area contributed by atoms with Gasteiger partial charge in [-0.15, -0.1) is 0 Å². The maximum atomic E-state index is 13.1. The molecule has 0 bridgehead atoms. The molecule has 0 saturated carbocycles. The summed E-state index contributed by atoms with van der Waals surface area (Å²) in [5, 5.41) is 0.150. The Morgan fingerprint density at radius 1 is 1.64 bits per heavy atom. The molecule has 0 aliphatic carbocycles. The Bertz CT molecular complexity index is 367. The van der Waals surface area contributed by atoms with Crippen LogP contribution >= 0.6 is 11.6 Å². The molecule has 0 saturated heterocycles. The van der Waals surface area contributed by atoms with Gasteiger partial charge in [-0.3, -0.25) is 0 Å². The first kappa shape index (κ1) is 10.8. The summed E-state index contributed by atoms with van der Waals surface area (Å²) < 4.78 is 17.6. The molecule has 1 aromatic rings. The number of nitrogen functional groups attached to an aromatic ring is 1. The maximum Gasteiger partial charge on any atom is 0.340 e. The van der Waals surface area contributed by atoms with Crippen molar-refractivity contribution in [2.24, 2.45) is 0 Å². The highest BCUT2D eigenvalue weighted by atomic mass is 35.5. The molecule has 0 aliphatic rings. The predicted molar refractivity (Wildman–Crippen MR) is 51.9 cm³/mol. The molecule has 0 unspecified atom stereocenters. The molecule has 76 valence electrons. The summed E-state index contributed by atoms with van der Waals surface area (Å²) in [6.07, 6.45) is 0. The minimum Gasteiger partial charge on any atom is -0.465 e. The minimum absolute atomic E-state index is 0.0162. The first-order chi connectivity index (χ1) is 6.49. The zero-order valence-electron chi connectivity index (χ0n) is 7.73. The van der Waals surface area contributed by atoms with Gasteiger partial charge in [0.2, 0.25) is 0 Å². The number of benzene rings is 1. The summed E-state index contributed by atoms with van der Waals surface area (Å²) in [6, 6.07) is 1.07. The normalized spacial score (nSPS) is 10.0. The zero-order valence-corrected chi connectivity index (χ0v) is 8.48. The van der Waals surface area contributed by atoms with Crippen molar-refractivity contribution < 1.29 is 13.9 Å². The Kier molecular flexibility index (Phi) is 2.96. The van der Waals surface area contributed by atoms with Gasteiger partial charge in [0, 0.05) is 5.02 Å². The van der Waals surface area contributed by atoms with Gasteiger partial charge < -0.3 is 10.5 Å². The first-order valence-corrected chi connectivity index (χ1v) is 4.19. The average Bonchev–Trinajstić information content (AvgIpc) is 2.15. The van der Waals surface area contributed by atoms with Crippen molar-refractivity contribution in [2.75, 3.05) is 12.8 Å². The molecule has 0 aromatic heterocycles. The van der Waals surface area contributed by atoms with Crippen LogP contribution in [0.1, 0.15) is 15.9 Å². The van der Waals surface area contributed by atoms with Crippen molar-refractivity contribution in [1.29, 1.82) is 0 Å². The molecule has 1 rings (SSSR count). The van der Waals surface area contributed by atoms with Gasteiger partial charge in [0.15, 0.2) is 0 Å².